The number of rotatable bonds is 6. The standard InChI is InChI=1S/C16H18N2O3S2/c1-3-17-23(20,21)15-6-4-5-12(11-15)16(19)18-13-7-9-14(22-2)10-8-13/h4-11,17H,3H2,1-2H3,(H,18,19). The van der Waals surface area contributed by atoms with Gasteiger partial charge < -0.3 is 5.32 Å². The summed E-state index contributed by atoms with van der Waals surface area (Å²) in [7, 11) is -3.58. The molecule has 0 saturated heterocycles. The Morgan fingerprint density at radius 1 is 1.13 bits per heavy atom. The van der Waals surface area contributed by atoms with Crippen LogP contribution in [0.2, 0.25) is 0 Å². The van der Waals surface area contributed by atoms with E-state index in [0.29, 0.717) is 12.2 Å². The first-order valence-electron chi connectivity index (χ1n) is 7.01. The quantitative estimate of drug-likeness (QED) is 0.786. The van der Waals surface area contributed by atoms with E-state index in [0.717, 1.165) is 4.90 Å². The molecule has 0 bridgehead atoms. The molecule has 2 rings (SSSR count). The first kappa shape index (κ1) is 17.5. The highest BCUT2D eigenvalue weighted by molar-refractivity contribution is 7.98. The van der Waals surface area contributed by atoms with Crippen molar-refractivity contribution in [1.82, 2.24) is 4.72 Å². The molecule has 2 N–H and O–H groups in total. The predicted octanol–water partition coefficient (Wildman–Crippen LogP) is 2.96. The van der Waals surface area contributed by atoms with Crippen LogP contribution in [0.1, 0.15) is 17.3 Å². The van der Waals surface area contributed by atoms with Gasteiger partial charge in [0.25, 0.3) is 5.91 Å². The van der Waals surface area contributed by atoms with Crippen molar-refractivity contribution in [1.29, 1.82) is 0 Å². The highest BCUT2D eigenvalue weighted by atomic mass is 32.2. The molecule has 0 atom stereocenters. The molecular formula is C16H18N2O3S2. The maximum atomic E-state index is 12.3. The fraction of sp³-hybridized carbons (Fsp3) is 0.188. The molecule has 0 aliphatic heterocycles. The van der Waals surface area contributed by atoms with Crippen molar-refractivity contribution >= 4 is 33.4 Å². The van der Waals surface area contributed by atoms with Gasteiger partial charge in [0.2, 0.25) is 10.0 Å². The first-order valence-corrected chi connectivity index (χ1v) is 9.72. The zero-order chi connectivity index (χ0) is 16.9. The number of anilines is 1. The fourth-order valence-corrected chi connectivity index (χ4v) is 3.45. The van der Waals surface area contributed by atoms with E-state index in [9.17, 15) is 13.2 Å². The Labute approximate surface area is 140 Å². The average Bonchev–Trinajstić information content (AvgIpc) is 2.55. The van der Waals surface area contributed by atoms with Gasteiger partial charge in [-0.2, -0.15) is 0 Å². The zero-order valence-corrected chi connectivity index (χ0v) is 14.5. The monoisotopic (exact) mass is 350 g/mol. The van der Waals surface area contributed by atoms with Crippen molar-refractivity contribution in [2.75, 3.05) is 18.1 Å². The van der Waals surface area contributed by atoms with Crippen molar-refractivity contribution in [2.24, 2.45) is 0 Å². The number of thioether (sulfide) groups is 1. The third kappa shape index (κ3) is 4.57. The van der Waals surface area contributed by atoms with Crippen LogP contribution in [-0.2, 0) is 10.0 Å². The Morgan fingerprint density at radius 2 is 1.83 bits per heavy atom. The van der Waals surface area contributed by atoms with Crippen LogP contribution in [0.5, 0.6) is 0 Å². The van der Waals surface area contributed by atoms with Crippen LogP contribution in [0, 0.1) is 0 Å². The van der Waals surface area contributed by atoms with E-state index in [-0.39, 0.29) is 16.4 Å². The molecule has 0 radical (unpaired) electrons. The van der Waals surface area contributed by atoms with Gasteiger partial charge in [-0.3, -0.25) is 4.79 Å². The van der Waals surface area contributed by atoms with Crippen LogP contribution >= 0.6 is 11.8 Å². The molecular weight excluding hydrogens is 332 g/mol. The van der Waals surface area contributed by atoms with Crippen LogP contribution in [0.3, 0.4) is 0 Å². The third-order valence-electron chi connectivity index (χ3n) is 3.09. The minimum Gasteiger partial charge on any atom is -0.322 e. The summed E-state index contributed by atoms with van der Waals surface area (Å²) in [6.07, 6.45) is 1.98. The molecule has 122 valence electrons. The van der Waals surface area contributed by atoms with Crippen LogP contribution in [-0.4, -0.2) is 27.1 Å². The second-order valence-corrected chi connectivity index (χ2v) is 7.36. The summed E-state index contributed by atoms with van der Waals surface area (Å²) in [6.45, 7) is 1.99. The average molecular weight is 350 g/mol. The smallest absolute Gasteiger partial charge is 0.255 e. The molecule has 23 heavy (non-hydrogen) atoms. The van der Waals surface area contributed by atoms with Crippen molar-refractivity contribution < 1.29 is 13.2 Å². The van der Waals surface area contributed by atoms with Crippen molar-refractivity contribution in [2.45, 2.75) is 16.7 Å². The number of benzene rings is 2. The molecule has 0 fully saturated rings. The number of carbonyl (C=O) groups excluding carboxylic acids is 1. The van der Waals surface area contributed by atoms with Crippen molar-refractivity contribution in [3.05, 3.63) is 54.1 Å². The number of nitrogens with one attached hydrogen (secondary N) is 2. The summed E-state index contributed by atoms with van der Waals surface area (Å²) in [5.74, 6) is -0.351. The van der Waals surface area contributed by atoms with Gasteiger partial charge in [-0.15, -0.1) is 11.8 Å². The lowest BCUT2D eigenvalue weighted by Gasteiger charge is -2.08. The van der Waals surface area contributed by atoms with Gasteiger partial charge in [0.05, 0.1) is 4.90 Å². The molecule has 0 aliphatic rings. The van der Waals surface area contributed by atoms with Gasteiger partial charge >= 0.3 is 0 Å². The molecule has 2 aromatic carbocycles. The maximum absolute atomic E-state index is 12.3. The van der Waals surface area contributed by atoms with Gasteiger partial charge in [-0.25, -0.2) is 13.1 Å². The number of hydrogen-bond donors (Lipinski definition) is 2. The highest BCUT2D eigenvalue weighted by Gasteiger charge is 2.15. The van der Waals surface area contributed by atoms with Gasteiger partial charge in [-0.05, 0) is 48.7 Å². The summed E-state index contributed by atoms with van der Waals surface area (Å²) >= 11 is 1.62. The summed E-state index contributed by atoms with van der Waals surface area (Å²) in [5.41, 5.74) is 0.950. The molecule has 0 saturated carbocycles. The lowest BCUT2D eigenvalue weighted by molar-refractivity contribution is 0.102. The molecule has 0 unspecified atom stereocenters. The summed E-state index contributed by atoms with van der Waals surface area (Å²) < 4.78 is 26.4. The molecule has 0 heterocycles. The summed E-state index contributed by atoms with van der Waals surface area (Å²) in [5, 5.41) is 2.76. The minimum atomic E-state index is -3.58. The zero-order valence-electron chi connectivity index (χ0n) is 12.9. The lowest BCUT2D eigenvalue weighted by Crippen LogP contribution is -2.23. The van der Waals surface area contributed by atoms with Crippen LogP contribution < -0.4 is 10.0 Å². The van der Waals surface area contributed by atoms with Crippen molar-refractivity contribution in [3.8, 4) is 0 Å². The third-order valence-corrected chi connectivity index (χ3v) is 5.38. The van der Waals surface area contributed by atoms with Gasteiger partial charge in [0.15, 0.2) is 0 Å². The second-order valence-electron chi connectivity index (χ2n) is 4.71. The normalized spacial score (nSPS) is 11.2. The second kappa shape index (κ2) is 7.63. The van der Waals surface area contributed by atoms with Crippen LogP contribution in [0.15, 0.2) is 58.3 Å². The van der Waals surface area contributed by atoms with E-state index in [1.165, 1.54) is 12.1 Å². The number of sulfonamides is 1. The molecule has 0 aliphatic carbocycles. The Bertz CT molecular complexity index is 787. The Morgan fingerprint density at radius 3 is 2.43 bits per heavy atom. The SMILES string of the molecule is CCNS(=O)(=O)c1cccc(C(=O)Nc2ccc(SC)cc2)c1. The molecule has 1 amide bonds. The predicted molar refractivity (Wildman–Crippen MR) is 93.5 cm³/mol. The highest BCUT2D eigenvalue weighted by Crippen LogP contribution is 2.18. The van der Waals surface area contributed by atoms with E-state index < -0.39 is 10.0 Å². The Balaban J connectivity index is 2.19. The number of hydrogen-bond acceptors (Lipinski definition) is 4. The number of amides is 1. The summed E-state index contributed by atoms with van der Waals surface area (Å²) in [6, 6.07) is 13.4. The van der Waals surface area contributed by atoms with E-state index in [1.54, 1.807) is 30.8 Å². The molecule has 0 spiro atoms. The number of carbonyl (C=O) groups is 1. The maximum Gasteiger partial charge on any atom is 0.255 e. The van der Waals surface area contributed by atoms with Crippen LogP contribution in [0.4, 0.5) is 5.69 Å². The fourth-order valence-electron chi connectivity index (χ4n) is 1.96. The summed E-state index contributed by atoms with van der Waals surface area (Å²) in [4.78, 5) is 13.4. The largest absolute Gasteiger partial charge is 0.322 e. The van der Waals surface area contributed by atoms with E-state index in [4.69, 9.17) is 0 Å². The van der Waals surface area contributed by atoms with Gasteiger partial charge in [-0.1, -0.05) is 13.0 Å². The first-order chi connectivity index (χ1) is 11.0. The lowest BCUT2D eigenvalue weighted by atomic mass is 10.2. The molecule has 0 aromatic heterocycles. The Kier molecular flexibility index (Phi) is 5.81. The molecule has 2 aromatic rings. The topological polar surface area (TPSA) is 75.3 Å². The van der Waals surface area contributed by atoms with E-state index >= 15 is 0 Å². The molecule has 7 heteroatoms. The van der Waals surface area contributed by atoms with Gasteiger partial charge in [0, 0.05) is 22.7 Å². The van der Waals surface area contributed by atoms with E-state index in [1.807, 2.05) is 30.5 Å². The molecule has 5 nitrogen and oxygen atoms in total. The van der Waals surface area contributed by atoms with Crippen molar-refractivity contribution in [3.63, 3.8) is 0 Å². The van der Waals surface area contributed by atoms with Gasteiger partial charge in [0.1, 0.15) is 0 Å². The van der Waals surface area contributed by atoms with E-state index in [2.05, 4.69) is 10.0 Å². The Hall–Kier alpha value is -1.83. The minimum absolute atomic E-state index is 0.0738. The van der Waals surface area contributed by atoms with Crippen LogP contribution in [0.25, 0.3) is 0 Å².